The predicted molar refractivity (Wildman–Crippen MR) is 100 cm³/mol. The zero-order valence-corrected chi connectivity index (χ0v) is 16.1. The van der Waals surface area contributed by atoms with Crippen LogP contribution in [-0.4, -0.2) is 25.2 Å². The first-order valence-corrected chi connectivity index (χ1v) is 10.5. The molecular weight excluding hydrogens is 394 g/mol. The number of nitrogens with zero attached hydrogens (tertiary/aromatic N) is 1. The second-order valence-electron chi connectivity index (χ2n) is 5.39. The van der Waals surface area contributed by atoms with Crippen LogP contribution in [0.25, 0.3) is 0 Å². The quantitative estimate of drug-likeness (QED) is 0.518. The van der Waals surface area contributed by atoms with E-state index in [1.54, 1.807) is 24.3 Å². The molecule has 0 saturated carbocycles. The lowest BCUT2D eigenvalue weighted by Gasteiger charge is -2.11. The van der Waals surface area contributed by atoms with E-state index in [1.807, 2.05) is 6.07 Å². The van der Waals surface area contributed by atoms with Crippen LogP contribution in [0.3, 0.4) is 0 Å². The molecule has 0 bridgehead atoms. The zero-order chi connectivity index (χ0) is 19.2. The van der Waals surface area contributed by atoms with Crippen LogP contribution in [0.4, 0.5) is 0 Å². The van der Waals surface area contributed by atoms with Gasteiger partial charge < -0.3 is 5.11 Å². The largest absolute Gasteiger partial charge is 0.481 e. The fourth-order valence-electron chi connectivity index (χ4n) is 2.23. The summed E-state index contributed by atoms with van der Waals surface area (Å²) in [7, 11) is -3.78. The summed E-state index contributed by atoms with van der Waals surface area (Å²) in [5.41, 5.74) is 0.751. The number of hydrogen-bond donors (Lipinski definition) is 1. The summed E-state index contributed by atoms with van der Waals surface area (Å²) in [6.45, 7) is 0. The molecule has 0 atom stereocenters. The molecule has 2 aromatic rings. The number of carbonyl (C=O) groups is 1. The Balaban J connectivity index is 2.33. The first-order chi connectivity index (χ1) is 12.3. The number of carboxylic acid groups (broad SMARTS) is 1. The van der Waals surface area contributed by atoms with Crippen LogP contribution in [0.2, 0.25) is 5.02 Å². The number of aryl methyl sites for hydroxylation is 1. The van der Waals surface area contributed by atoms with Crippen LogP contribution in [0.1, 0.15) is 18.4 Å². The van der Waals surface area contributed by atoms with E-state index >= 15 is 0 Å². The SMILES string of the molecule is N#CCCSc1ccc(Cl)cc1S(=O)(=O)c1ccc(CCC(=O)O)cc1. The van der Waals surface area contributed by atoms with Crippen molar-refractivity contribution in [2.75, 3.05) is 5.75 Å². The number of aliphatic carboxylic acids is 1. The molecule has 0 aliphatic rings. The molecule has 0 heterocycles. The summed E-state index contributed by atoms with van der Waals surface area (Å²) in [5.74, 6) is -0.422. The van der Waals surface area contributed by atoms with Crippen molar-refractivity contribution >= 4 is 39.2 Å². The molecule has 8 heteroatoms. The smallest absolute Gasteiger partial charge is 0.303 e. The molecule has 0 fully saturated rings. The highest BCUT2D eigenvalue weighted by Crippen LogP contribution is 2.33. The summed E-state index contributed by atoms with van der Waals surface area (Å²) >= 11 is 7.28. The molecule has 0 aromatic heterocycles. The van der Waals surface area contributed by atoms with E-state index in [0.717, 1.165) is 5.56 Å². The van der Waals surface area contributed by atoms with E-state index < -0.39 is 15.8 Å². The number of nitriles is 1. The fourth-order valence-corrected chi connectivity index (χ4v) is 5.12. The van der Waals surface area contributed by atoms with Crippen LogP contribution < -0.4 is 0 Å². The summed E-state index contributed by atoms with van der Waals surface area (Å²) in [4.78, 5) is 11.4. The molecule has 0 saturated heterocycles. The Kier molecular flexibility index (Phi) is 7.09. The van der Waals surface area contributed by atoms with Crippen molar-refractivity contribution in [3.05, 3.63) is 53.1 Å². The number of rotatable bonds is 8. The minimum Gasteiger partial charge on any atom is -0.481 e. The maximum Gasteiger partial charge on any atom is 0.303 e. The number of thioether (sulfide) groups is 1. The van der Waals surface area contributed by atoms with Gasteiger partial charge in [0.05, 0.1) is 15.9 Å². The average Bonchev–Trinajstić information content (AvgIpc) is 2.61. The summed E-state index contributed by atoms with van der Waals surface area (Å²) < 4.78 is 26.0. The molecule has 0 amide bonds. The average molecular weight is 410 g/mol. The minimum absolute atomic E-state index is 0.0138. The summed E-state index contributed by atoms with van der Waals surface area (Å²) in [6.07, 6.45) is 0.632. The third-order valence-electron chi connectivity index (χ3n) is 3.53. The first kappa shape index (κ1) is 20.3. The van der Waals surface area contributed by atoms with Crippen LogP contribution in [-0.2, 0) is 21.1 Å². The van der Waals surface area contributed by atoms with Gasteiger partial charge in [0.25, 0.3) is 0 Å². The van der Waals surface area contributed by atoms with Gasteiger partial charge in [0.2, 0.25) is 9.84 Å². The summed E-state index contributed by atoms with van der Waals surface area (Å²) in [5, 5.41) is 17.7. The van der Waals surface area contributed by atoms with Crippen LogP contribution >= 0.6 is 23.4 Å². The molecule has 0 spiro atoms. The minimum atomic E-state index is -3.78. The van der Waals surface area contributed by atoms with Gasteiger partial charge in [0, 0.05) is 28.5 Å². The Morgan fingerprint density at radius 3 is 2.50 bits per heavy atom. The molecule has 2 aromatic carbocycles. The molecule has 0 aliphatic heterocycles. The van der Waals surface area contributed by atoms with Crippen molar-refractivity contribution in [2.45, 2.75) is 33.9 Å². The van der Waals surface area contributed by atoms with Crippen molar-refractivity contribution in [3.63, 3.8) is 0 Å². The molecule has 2 rings (SSSR count). The third-order valence-corrected chi connectivity index (χ3v) is 6.78. The predicted octanol–water partition coefficient (Wildman–Crippen LogP) is 4.20. The molecular formula is C18H16ClNO4S2. The van der Waals surface area contributed by atoms with Crippen molar-refractivity contribution in [3.8, 4) is 6.07 Å². The number of carboxylic acids is 1. The lowest BCUT2D eigenvalue weighted by Crippen LogP contribution is -2.04. The molecule has 0 radical (unpaired) electrons. The second kappa shape index (κ2) is 9.08. The lowest BCUT2D eigenvalue weighted by molar-refractivity contribution is -0.136. The van der Waals surface area contributed by atoms with Crippen molar-refractivity contribution in [2.24, 2.45) is 0 Å². The lowest BCUT2D eigenvalue weighted by atomic mass is 10.1. The highest BCUT2D eigenvalue weighted by molar-refractivity contribution is 8.00. The summed E-state index contributed by atoms with van der Waals surface area (Å²) in [6, 6.07) is 12.9. The molecule has 0 aliphatic carbocycles. The molecule has 26 heavy (non-hydrogen) atoms. The molecule has 136 valence electrons. The van der Waals surface area contributed by atoms with Gasteiger partial charge in [-0.1, -0.05) is 23.7 Å². The van der Waals surface area contributed by atoms with Gasteiger partial charge in [0.15, 0.2) is 0 Å². The van der Waals surface area contributed by atoms with Crippen molar-refractivity contribution in [1.29, 1.82) is 5.26 Å². The number of benzene rings is 2. The zero-order valence-electron chi connectivity index (χ0n) is 13.7. The van der Waals surface area contributed by atoms with Gasteiger partial charge in [-0.3, -0.25) is 4.79 Å². The first-order valence-electron chi connectivity index (χ1n) is 7.69. The fraction of sp³-hybridized carbons (Fsp3) is 0.222. The topological polar surface area (TPSA) is 95.2 Å². The Hall–Kier alpha value is -2.01. The van der Waals surface area contributed by atoms with Crippen molar-refractivity contribution < 1.29 is 18.3 Å². The van der Waals surface area contributed by atoms with E-state index in [2.05, 4.69) is 0 Å². The normalized spacial score (nSPS) is 11.1. The van der Waals surface area contributed by atoms with Gasteiger partial charge >= 0.3 is 5.97 Å². The Morgan fingerprint density at radius 2 is 1.88 bits per heavy atom. The molecule has 1 N–H and O–H groups in total. The van der Waals surface area contributed by atoms with E-state index in [0.29, 0.717) is 28.5 Å². The van der Waals surface area contributed by atoms with Gasteiger partial charge in [-0.2, -0.15) is 5.26 Å². The van der Waals surface area contributed by atoms with Gasteiger partial charge in [-0.15, -0.1) is 11.8 Å². The molecule has 0 unspecified atom stereocenters. The standard InChI is InChI=1S/C18H16ClNO4S2/c19-14-5-8-16(25-11-1-10-20)17(12-14)26(23,24)15-6-2-13(3-7-15)4-9-18(21)22/h2-3,5-8,12H,1,4,9,11H2,(H,21,22). The van der Waals surface area contributed by atoms with E-state index in [1.165, 1.54) is 30.0 Å². The Labute approximate surface area is 161 Å². The van der Waals surface area contributed by atoms with Gasteiger partial charge in [-0.25, -0.2) is 8.42 Å². The monoisotopic (exact) mass is 409 g/mol. The second-order valence-corrected chi connectivity index (χ2v) is 8.88. The number of hydrogen-bond acceptors (Lipinski definition) is 5. The number of halogens is 1. The van der Waals surface area contributed by atoms with E-state index in [-0.39, 0.29) is 16.2 Å². The maximum atomic E-state index is 13.0. The van der Waals surface area contributed by atoms with E-state index in [4.69, 9.17) is 22.0 Å². The Morgan fingerprint density at radius 1 is 1.19 bits per heavy atom. The highest BCUT2D eigenvalue weighted by atomic mass is 35.5. The van der Waals surface area contributed by atoms with Crippen LogP contribution in [0.5, 0.6) is 0 Å². The van der Waals surface area contributed by atoms with E-state index in [9.17, 15) is 13.2 Å². The molecule has 5 nitrogen and oxygen atoms in total. The van der Waals surface area contributed by atoms with Crippen molar-refractivity contribution in [1.82, 2.24) is 0 Å². The Bertz CT molecular complexity index is 935. The van der Waals surface area contributed by atoms with Crippen LogP contribution in [0, 0.1) is 11.3 Å². The maximum absolute atomic E-state index is 13.0. The van der Waals surface area contributed by atoms with Crippen LogP contribution in [0.15, 0.2) is 57.2 Å². The number of sulfone groups is 1. The third kappa shape index (κ3) is 5.24. The van der Waals surface area contributed by atoms with Gasteiger partial charge in [0.1, 0.15) is 0 Å². The highest BCUT2D eigenvalue weighted by Gasteiger charge is 2.22. The van der Waals surface area contributed by atoms with Gasteiger partial charge in [-0.05, 0) is 42.3 Å².